The Labute approximate surface area is 179 Å². The first kappa shape index (κ1) is 20.0. The number of fused-ring (bicyclic) bond motifs is 1. The average Bonchev–Trinajstić information content (AvgIpc) is 3.58. The minimum atomic E-state index is -0.524. The molecule has 0 atom stereocenters. The number of hydrogen-bond donors (Lipinski definition) is 1. The van der Waals surface area contributed by atoms with Gasteiger partial charge in [0.15, 0.2) is 0 Å². The summed E-state index contributed by atoms with van der Waals surface area (Å²) < 4.78 is 1.52. The van der Waals surface area contributed by atoms with Crippen molar-refractivity contribution in [2.75, 3.05) is 19.6 Å². The fraction of sp³-hybridized carbons (Fsp3) is 0.591. The molecule has 9 nitrogen and oxygen atoms in total. The van der Waals surface area contributed by atoms with Crippen LogP contribution in [0.3, 0.4) is 0 Å². The van der Waals surface area contributed by atoms with Gasteiger partial charge in [-0.3, -0.25) is 23.9 Å². The number of piperazine rings is 1. The zero-order valence-electron chi connectivity index (χ0n) is 17.7. The molecule has 31 heavy (non-hydrogen) atoms. The molecule has 2 aliphatic carbocycles. The molecular weight excluding hydrogens is 398 g/mol. The van der Waals surface area contributed by atoms with Gasteiger partial charge in [0.1, 0.15) is 5.65 Å². The van der Waals surface area contributed by atoms with Crippen LogP contribution in [0.15, 0.2) is 21.9 Å². The summed E-state index contributed by atoms with van der Waals surface area (Å²) in [5.41, 5.74) is -0.610. The zero-order valence-corrected chi connectivity index (χ0v) is 17.7. The number of carbonyl (C=O) groups excluding carboxylic acids is 2. The van der Waals surface area contributed by atoms with Gasteiger partial charge in [-0.1, -0.05) is 19.3 Å². The molecule has 1 aliphatic heterocycles. The van der Waals surface area contributed by atoms with E-state index in [4.69, 9.17) is 0 Å². The van der Waals surface area contributed by atoms with Crippen molar-refractivity contribution in [2.24, 2.45) is 0 Å². The summed E-state index contributed by atoms with van der Waals surface area (Å²) in [5.74, 6) is -0.128. The molecular formula is C22H27N5O4. The van der Waals surface area contributed by atoms with Gasteiger partial charge in [-0.2, -0.15) is 0 Å². The predicted molar refractivity (Wildman–Crippen MR) is 114 cm³/mol. The first-order valence-corrected chi connectivity index (χ1v) is 11.1. The van der Waals surface area contributed by atoms with Crippen LogP contribution >= 0.6 is 0 Å². The number of amides is 2. The molecule has 1 saturated heterocycles. The standard InChI is InChI=1S/C22H27N5O4/c1-14(28)26-10-9-25(13-22(26)7-3-2-4-8-22)20(30)15-11-17-18(23-12-15)27(16-5-6-16)21(31)24-19(17)29/h11-12,16H,2-10,13H2,1H3,(H,24,29,31). The number of nitrogens with zero attached hydrogens (tertiary/aromatic N) is 4. The molecule has 0 bridgehead atoms. The van der Waals surface area contributed by atoms with E-state index in [9.17, 15) is 19.2 Å². The summed E-state index contributed by atoms with van der Waals surface area (Å²) in [6, 6.07) is 1.61. The lowest BCUT2D eigenvalue weighted by atomic mass is 9.78. The fourth-order valence-electron chi connectivity index (χ4n) is 5.39. The van der Waals surface area contributed by atoms with Gasteiger partial charge >= 0.3 is 5.69 Å². The van der Waals surface area contributed by atoms with Crippen molar-refractivity contribution in [2.45, 2.75) is 63.5 Å². The highest BCUT2D eigenvalue weighted by atomic mass is 16.2. The number of H-pyrrole nitrogens is 1. The minimum Gasteiger partial charge on any atom is -0.334 e. The maximum atomic E-state index is 13.4. The minimum absolute atomic E-state index is 0.0611. The summed E-state index contributed by atoms with van der Waals surface area (Å²) in [6.45, 7) is 3.08. The molecule has 2 aromatic rings. The first-order chi connectivity index (χ1) is 14.9. The third-order valence-electron chi connectivity index (χ3n) is 7.04. The number of pyridine rings is 1. The number of carbonyl (C=O) groups is 2. The van der Waals surface area contributed by atoms with Gasteiger partial charge in [0.25, 0.3) is 11.5 Å². The summed E-state index contributed by atoms with van der Waals surface area (Å²) in [5, 5.41) is 0.257. The van der Waals surface area contributed by atoms with Crippen molar-refractivity contribution in [1.29, 1.82) is 0 Å². The highest BCUT2D eigenvalue weighted by molar-refractivity contribution is 5.97. The molecule has 9 heteroatoms. The van der Waals surface area contributed by atoms with Gasteiger partial charge in [0.2, 0.25) is 5.91 Å². The molecule has 3 heterocycles. The van der Waals surface area contributed by atoms with Crippen molar-refractivity contribution in [3.8, 4) is 0 Å². The molecule has 164 valence electrons. The van der Waals surface area contributed by atoms with Gasteiger partial charge in [-0.15, -0.1) is 0 Å². The van der Waals surface area contributed by atoms with Crippen molar-refractivity contribution < 1.29 is 9.59 Å². The summed E-state index contributed by atoms with van der Waals surface area (Å²) in [6.07, 6.45) is 8.29. The molecule has 2 saturated carbocycles. The Kier molecular flexibility index (Phi) is 4.71. The monoisotopic (exact) mass is 425 g/mol. The van der Waals surface area contributed by atoms with Crippen LogP contribution < -0.4 is 11.2 Å². The normalized spacial score (nSPS) is 20.9. The van der Waals surface area contributed by atoms with E-state index in [0.717, 1.165) is 44.9 Å². The van der Waals surface area contributed by atoms with E-state index < -0.39 is 11.2 Å². The lowest BCUT2D eigenvalue weighted by Gasteiger charge is -2.52. The Hall–Kier alpha value is -2.97. The van der Waals surface area contributed by atoms with E-state index in [0.29, 0.717) is 30.8 Å². The second kappa shape index (κ2) is 7.32. The Bertz CT molecular complexity index is 1170. The van der Waals surface area contributed by atoms with Gasteiger partial charge < -0.3 is 9.80 Å². The van der Waals surface area contributed by atoms with E-state index in [1.165, 1.54) is 10.8 Å². The largest absolute Gasteiger partial charge is 0.334 e. The number of aromatic nitrogens is 3. The van der Waals surface area contributed by atoms with Crippen molar-refractivity contribution in [3.63, 3.8) is 0 Å². The molecule has 3 fully saturated rings. The lowest BCUT2D eigenvalue weighted by Crippen LogP contribution is -2.65. The van der Waals surface area contributed by atoms with E-state index in [1.54, 1.807) is 17.9 Å². The van der Waals surface area contributed by atoms with E-state index >= 15 is 0 Å². The van der Waals surface area contributed by atoms with Crippen LogP contribution in [0.5, 0.6) is 0 Å². The number of aromatic amines is 1. The van der Waals surface area contributed by atoms with Crippen LogP contribution in [0.2, 0.25) is 0 Å². The number of nitrogens with one attached hydrogen (secondary N) is 1. The van der Waals surface area contributed by atoms with Gasteiger partial charge in [-0.25, -0.2) is 9.78 Å². The number of rotatable bonds is 2. The Morgan fingerprint density at radius 1 is 1.13 bits per heavy atom. The number of hydrogen-bond acceptors (Lipinski definition) is 5. The molecule has 1 spiro atoms. The van der Waals surface area contributed by atoms with Crippen LogP contribution in [-0.2, 0) is 4.79 Å². The Morgan fingerprint density at radius 3 is 2.55 bits per heavy atom. The molecule has 1 N–H and O–H groups in total. The second-order valence-corrected chi connectivity index (χ2v) is 9.14. The average molecular weight is 425 g/mol. The topological polar surface area (TPSA) is 108 Å². The highest BCUT2D eigenvalue weighted by Crippen LogP contribution is 2.37. The lowest BCUT2D eigenvalue weighted by molar-refractivity contribution is -0.141. The van der Waals surface area contributed by atoms with E-state index in [2.05, 4.69) is 9.97 Å². The van der Waals surface area contributed by atoms with E-state index in [-0.39, 0.29) is 28.8 Å². The third-order valence-corrected chi connectivity index (χ3v) is 7.04. The molecule has 0 aromatic carbocycles. The maximum Gasteiger partial charge on any atom is 0.330 e. The van der Waals surface area contributed by atoms with Crippen LogP contribution in [0.25, 0.3) is 11.0 Å². The maximum absolute atomic E-state index is 13.4. The van der Waals surface area contributed by atoms with Crippen molar-refractivity contribution in [1.82, 2.24) is 24.3 Å². The first-order valence-electron chi connectivity index (χ1n) is 11.1. The molecule has 2 amide bonds. The van der Waals surface area contributed by atoms with Crippen molar-refractivity contribution in [3.05, 3.63) is 38.7 Å². The smallest absolute Gasteiger partial charge is 0.330 e. The fourth-order valence-corrected chi connectivity index (χ4v) is 5.39. The molecule has 0 radical (unpaired) electrons. The quantitative estimate of drug-likeness (QED) is 0.783. The molecule has 5 rings (SSSR count). The SMILES string of the molecule is CC(=O)N1CCN(C(=O)c2cnc3c(c2)c(=O)[nH]c(=O)n3C2CC2)CC12CCCCC2. The third kappa shape index (κ3) is 3.36. The van der Waals surface area contributed by atoms with Gasteiger partial charge in [0.05, 0.1) is 16.5 Å². The van der Waals surface area contributed by atoms with Crippen LogP contribution in [0.1, 0.15) is 68.3 Å². The van der Waals surface area contributed by atoms with Crippen LogP contribution in [0, 0.1) is 0 Å². The Morgan fingerprint density at radius 2 is 1.87 bits per heavy atom. The van der Waals surface area contributed by atoms with Gasteiger partial charge in [0, 0.05) is 38.8 Å². The van der Waals surface area contributed by atoms with Crippen molar-refractivity contribution >= 4 is 22.8 Å². The predicted octanol–water partition coefficient (Wildman–Crippen LogP) is 1.43. The zero-order chi connectivity index (χ0) is 21.8. The molecule has 2 aromatic heterocycles. The summed E-state index contributed by atoms with van der Waals surface area (Å²) >= 11 is 0. The summed E-state index contributed by atoms with van der Waals surface area (Å²) in [7, 11) is 0. The van der Waals surface area contributed by atoms with Crippen LogP contribution in [-0.4, -0.2) is 61.3 Å². The molecule has 0 unspecified atom stereocenters. The summed E-state index contributed by atoms with van der Waals surface area (Å²) in [4.78, 5) is 60.7. The molecule has 3 aliphatic rings. The van der Waals surface area contributed by atoms with Crippen LogP contribution in [0.4, 0.5) is 0 Å². The Balaban J connectivity index is 1.48. The second-order valence-electron chi connectivity index (χ2n) is 9.14. The van der Waals surface area contributed by atoms with E-state index in [1.807, 2.05) is 4.90 Å². The highest BCUT2D eigenvalue weighted by Gasteiger charge is 2.45. The van der Waals surface area contributed by atoms with Gasteiger partial charge in [-0.05, 0) is 31.7 Å².